The quantitative estimate of drug-likeness (QED) is 0.140. The Morgan fingerprint density at radius 1 is 1.10 bits per heavy atom. The Morgan fingerprint density at radius 3 is 2.57 bits per heavy atom. The molecule has 0 aromatic heterocycles. The topological polar surface area (TPSA) is 66.3 Å². The maximum atomic E-state index is 12.2. The lowest BCUT2D eigenvalue weighted by Gasteiger charge is -2.15. The minimum atomic E-state index is -0.467. The normalized spacial score (nSPS) is 11.4. The first-order valence-electron chi connectivity index (χ1n) is 9.80. The summed E-state index contributed by atoms with van der Waals surface area (Å²) in [7, 11) is 2.83. The number of oxime groups is 1. The van der Waals surface area contributed by atoms with Gasteiger partial charge in [-0.2, -0.15) is 0 Å². The average molecular weight is 411 g/mol. The van der Waals surface area contributed by atoms with Gasteiger partial charge in [-0.1, -0.05) is 36.3 Å². The van der Waals surface area contributed by atoms with Crippen molar-refractivity contribution in [1.29, 1.82) is 0 Å². The molecule has 0 aliphatic heterocycles. The van der Waals surface area contributed by atoms with Crippen molar-refractivity contribution in [3.05, 3.63) is 70.5 Å². The second kappa shape index (κ2) is 11.7. The zero-order valence-corrected chi connectivity index (χ0v) is 18.2. The third kappa shape index (κ3) is 6.11. The highest BCUT2D eigenvalue weighted by atomic mass is 16.6. The first-order chi connectivity index (χ1) is 14.5. The fraction of sp³-hybridized carbons (Fsp3) is 0.333. The van der Waals surface area contributed by atoms with E-state index in [-0.39, 0.29) is 0 Å². The van der Waals surface area contributed by atoms with Crippen molar-refractivity contribution >= 4 is 17.8 Å². The summed E-state index contributed by atoms with van der Waals surface area (Å²) in [4.78, 5) is 17.3. The van der Waals surface area contributed by atoms with Crippen molar-refractivity contribution in [3.8, 4) is 5.75 Å². The van der Waals surface area contributed by atoms with Gasteiger partial charge in [-0.15, -0.1) is 0 Å². The van der Waals surface area contributed by atoms with Crippen LogP contribution in [0.25, 0.3) is 5.57 Å². The molecule has 2 aromatic rings. The van der Waals surface area contributed by atoms with E-state index >= 15 is 0 Å². The molecular formula is C24H29NO5. The number of aryl methyl sites for hydroxylation is 2. The molecule has 160 valence electrons. The summed E-state index contributed by atoms with van der Waals surface area (Å²) in [5, 5.41) is 4.00. The Hall–Kier alpha value is -3.28. The Bertz CT molecular complexity index is 918. The zero-order chi connectivity index (χ0) is 21.9. The van der Waals surface area contributed by atoms with E-state index in [1.807, 2.05) is 57.2 Å². The van der Waals surface area contributed by atoms with Crippen LogP contribution >= 0.6 is 0 Å². The molecule has 2 rings (SSSR count). The predicted molar refractivity (Wildman–Crippen MR) is 118 cm³/mol. The van der Waals surface area contributed by atoms with E-state index in [9.17, 15) is 4.79 Å². The fourth-order valence-electron chi connectivity index (χ4n) is 2.86. The standard InChI is InChI=1S/C24H29NO5/c1-6-11-30-25-14-20-12-18(3)23(13-17(20)2)29-15-19-9-7-8-10-21(19)22(16-27-4)24(26)28-5/h7-10,12-14,16H,6,11,15H2,1-5H3/b22-16+,25-14+. The molecule has 0 atom stereocenters. The molecule has 0 radical (unpaired) electrons. The third-order valence-electron chi connectivity index (χ3n) is 4.46. The second-order valence-electron chi connectivity index (χ2n) is 6.75. The number of rotatable bonds is 10. The van der Waals surface area contributed by atoms with Gasteiger partial charge in [0.25, 0.3) is 0 Å². The van der Waals surface area contributed by atoms with Crippen LogP contribution in [-0.4, -0.2) is 33.0 Å². The molecule has 6 nitrogen and oxygen atoms in total. The Morgan fingerprint density at radius 2 is 1.87 bits per heavy atom. The van der Waals surface area contributed by atoms with Gasteiger partial charge in [0.05, 0.1) is 26.7 Å². The number of benzene rings is 2. The number of carbonyl (C=O) groups excluding carboxylic acids is 1. The molecule has 0 amide bonds. The number of methoxy groups -OCH3 is 2. The minimum absolute atomic E-state index is 0.293. The molecule has 2 aromatic carbocycles. The summed E-state index contributed by atoms with van der Waals surface area (Å²) in [6, 6.07) is 11.5. The monoisotopic (exact) mass is 411 g/mol. The van der Waals surface area contributed by atoms with E-state index in [1.165, 1.54) is 20.5 Å². The molecule has 0 fully saturated rings. The number of ether oxygens (including phenoxy) is 3. The molecule has 0 aliphatic rings. The summed E-state index contributed by atoms with van der Waals surface area (Å²) < 4.78 is 16.0. The van der Waals surface area contributed by atoms with Crippen LogP contribution in [-0.2, 0) is 25.7 Å². The van der Waals surface area contributed by atoms with Crippen LogP contribution in [0, 0.1) is 13.8 Å². The Labute approximate surface area is 178 Å². The molecule has 30 heavy (non-hydrogen) atoms. The first kappa shape index (κ1) is 23.0. The summed E-state index contributed by atoms with van der Waals surface area (Å²) in [6.45, 7) is 6.91. The number of hydrogen-bond donors (Lipinski definition) is 0. The van der Waals surface area contributed by atoms with Crippen molar-refractivity contribution < 1.29 is 23.8 Å². The lowest BCUT2D eigenvalue weighted by atomic mass is 10.0. The summed E-state index contributed by atoms with van der Waals surface area (Å²) in [6.07, 6.45) is 4.02. The van der Waals surface area contributed by atoms with Crippen molar-refractivity contribution in [1.82, 2.24) is 0 Å². The van der Waals surface area contributed by atoms with Crippen molar-refractivity contribution in [2.45, 2.75) is 33.8 Å². The third-order valence-corrected chi connectivity index (χ3v) is 4.46. The van der Waals surface area contributed by atoms with Crippen LogP contribution in [0.3, 0.4) is 0 Å². The SMILES string of the molecule is CCCO/N=C/c1cc(C)c(OCc2ccccc2/C(=C\OC)C(=O)OC)cc1C. The Kier molecular flexibility index (Phi) is 8.94. The maximum Gasteiger partial charge on any atom is 0.341 e. The molecule has 0 aliphatic carbocycles. The van der Waals surface area contributed by atoms with Gasteiger partial charge < -0.3 is 19.0 Å². The van der Waals surface area contributed by atoms with E-state index in [0.717, 1.165) is 34.4 Å². The highest BCUT2D eigenvalue weighted by molar-refractivity contribution is 6.16. The molecule has 0 heterocycles. The second-order valence-corrected chi connectivity index (χ2v) is 6.75. The minimum Gasteiger partial charge on any atom is -0.503 e. The number of carbonyl (C=O) groups is 1. The lowest BCUT2D eigenvalue weighted by molar-refractivity contribution is -0.133. The van der Waals surface area contributed by atoms with Crippen LogP contribution in [0.2, 0.25) is 0 Å². The molecule has 0 N–H and O–H groups in total. The van der Waals surface area contributed by atoms with Crippen LogP contribution in [0.4, 0.5) is 0 Å². The van der Waals surface area contributed by atoms with Gasteiger partial charge in [0.1, 0.15) is 24.5 Å². The largest absolute Gasteiger partial charge is 0.503 e. The summed E-state index contributed by atoms with van der Waals surface area (Å²) >= 11 is 0. The van der Waals surface area contributed by atoms with E-state index in [0.29, 0.717) is 24.4 Å². The zero-order valence-electron chi connectivity index (χ0n) is 18.2. The van der Waals surface area contributed by atoms with Crippen molar-refractivity contribution in [2.24, 2.45) is 5.16 Å². The molecule has 0 unspecified atom stereocenters. The van der Waals surface area contributed by atoms with E-state index < -0.39 is 5.97 Å². The molecule has 0 saturated carbocycles. The van der Waals surface area contributed by atoms with Gasteiger partial charge in [-0.05, 0) is 60.2 Å². The molecule has 0 bridgehead atoms. The lowest BCUT2D eigenvalue weighted by Crippen LogP contribution is -2.08. The van der Waals surface area contributed by atoms with Gasteiger partial charge in [0, 0.05) is 0 Å². The van der Waals surface area contributed by atoms with E-state index in [4.69, 9.17) is 19.0 Å². The Balaban J connectivity index is 2.22. The average Bonchev–Trinajstić information content (AvgIpc) is 2.76. The van der Waals surface area contributed by atoms with Crippen LogP contribution in [0.1, 0.15) is 41.2 Å². The summed E-state index contributed by atoms with van der Waals surface area (Å²) in [5.41, 5.74) is 4.88. The van der Waals surface area contributed by atoms with Gasteiger partial charge in [-0.3, -0.25) is 0 Å². The van der Waals surface area contributed by atoms with Crippen molar-refractivity contribution in [3.63, 3.8) is 0 Å². The van der Waals surface area contributed by atoms with Gasteiger partial charge in [0.15, 0.2) is 0 Å². The van der Waals surface area contributed by atoms with Crippen molar-refractivity contribution in [2.75, 3.05) is 20.8 Å². The number of esters is 1. The predicted octanol–water partition coefficient (Wildman–Crippen LogP) is 4.80. The number of hydrogen-bond acceptors (Lipinski definition) is 6. The molecule has 0 spiro atoms. The van der Waals surface area contributed by atoms with Gasteiger partial charge >= 0.3 is 5.97 Å². The molecule has 6 heteroatoms. The van der Waals surface area contributed by atoms with E-state index in [2.05, 4.69) is 5.16 Å². The van der Waals surface area contributed by atoms with Crippen LogP contribution in [0.5, 0.6) is 5.75 Å². The highest BCUT2D eigenvalue weighted by Crippen LogP contribution is 2.26. The summed E-state index contributed by atoms with van der Waals surface area (Å²) in [5.74, 6) is 0.300. The first-order valence-corrected chi connectivity index (χ1v) is 9.80. The number of nitrogens with zero attached hydrogens (tertiary/aromatic N) is 1. The van der Waals surface area contributed by atoms with E-state index in [1.54, 1.807) is 6.21 Å². The highest BCUT2D eigenvalue weighted by Gasteiger charge is 2.17. The maximum absolute atomic E-state index is 12.2. The molecular weight excluding hydrogens is 382 g/mol. The van der Waals surface area contributed by atoms with Gasteiger partial charge in [0.2, 0.25) is 0 Å². The van der Waals surface area contributed by atoms with Gasteiger partial charge in [-0.25, -0.2) is 4.79 Å². The smallest absolute Gasteiger partial charge is 0.341 e. The molecule has 0 saturated heterocycles. The van der Waals surface area contributed by atoms with Crippen LogP contribution < -0.4 is 4.74 Å². The van der Waals surface area contributed by atoms with Crippen LogP contribution in [0.15, 0.2) is 47.8 Å². The fourth-order valence-corrected chi connectivity index (χ4v) is 2.86.